The van der Waals surface area contributed by atoms with Crippen LogP contribution >= 0.6 is 11.6 Å². The fourth-order valence-electron chi connectivity index (χ4n) is 1.56. The number of rotatable bonds is 7. The van der Waals surface area contributed by atoms with Crippen LogP contribution in [0.4, 0.5) is 4.79 Å². The molecule has 0 bridgehead atoms. The number of alkyl carbamates (subject to hydrolysis) is 1. The summed E-state index contributed by atoms with van der Waals surface area (Å²) in [5, 5.41) is 1.91. The van der Waals surface area contributed by atoms with Crippen LogP contribution in [0.5, 0.6) is 0 Å². The van der Waals surface area contributed by atoms with Crippen molar-refractivity contribution >= 4 is 22.9 Å². The smallest absolute Gasteiger partial charge is 0.408 e. The third-order valence-electron chi connectivity index (χ3n) is 2.63. The maximum atomic E-state index is 11.6. The highest BCUT2D eigenvalue weighted by molar-refractivity contribution is 6.64. The molecular weight excluding hydrogens is 266 g/mol. The summed E-state index contributed by atoms with van der Waals surface area (Å²) >= 11 is 5.43. The first-order valence-corrected chi connectivity index (χ1v) is 6.67. The van der Waals surface area contributed by atoms with Gasteiger partial charge in [0, 0.05) is 0 Å². The van der Waals surface area contributed by atoms with Crippen molar-refractivity contribution in [3.63, 3.8) is 0 Å². The maximum Gasteiger partial charge on any atom is 0.408 e. The van der Waals surface area contributed by atoms with Crippen LogP contribution < -0.4 is 5.32 Å². The molecule has 5 heteroatoms. The Bertz CT molecular complexity index is 408. The number of carbonyl (C=O) groups is 2. The van der Waals surface area contributed by atoms with E-state index in [0.29, 0.717) is 6.42 Å². The molecule has 0 heterocycles. The van der Waals surface area contributed by atoms with Crippen molar-refractivity contribution in [3.8, 4) is 0 Å². The maximum absolute atomic E-state index is 11.6. The molecule has 0 saturated heterocycles. The number of unbranched alkanes of at least 4 members (excludes halogenated alkanes) is 1. The molecule has 1 aromatic carbocycles. The molecule has 0 aliphatic carbocycles. The van der Waals surface area contributed by atoms with Crippen molar-refractivity contribution in [2.24, 2.45) is 0 Å². The van der Waals surface area contributed by atoms with Crippen LogP contribution in [0.15, 0.2) is 30.3 Å². The molecule has 4 nitrogen and oxygen atoms in total. The second kappa shape index (κ2) is 8.53. The van der Waals surface area contributed by atoms with Crippen LogP contribution in [0.25, 0.3) is 0 Å². The first kappa shape index (κ1) is 15.5. The van der Waals surface area contributed by atoms with Crippen LogP contribution in [0.2, 0.25) is 0 Å². The fraction of sp³-hybridized carbons (Fsp3) is 0.429. The van der Waals surface area contributed by atoms with Gasteiger partial charge in [0.05, 0.1) is 0 Å². The largest absolute Gasteiger partial charge is 0.445 e. The number of carbonyl (C=O) groups excluding carboxylic acids is 2. The summed E-state index contributed by atoms with van der Waals surface area (Å²) in [7, 11) is 0. The van der Waals surface area contributed by atoms with Crippen LogP contribution in [0.3, 0.4) is 0 Å². The van der Waals surface area contributed by atoms with Gasteiger partial charge >= 0.3 is 6.09 Å². The van der Waals surface area contributed by atoms with Crippen molar-refractivity contribution in [1.82, 2.24) is 5.32 Å². The van der Waals surface area contributed by atoms with Gasteiger partial charge in [-0.25, -0.2) is 4.79 Å². The molecule has 1 amide bonds. The van der Waals surface area contributed by atoms with Crippen molar-refractivity contribution in [2.45, 2.75) is 38.8 Å². The van der Waals surface area contributed by atoms with E-state index in [1.54, 1.807) is 0 Å². The van der Waals surface area contributed by atoms with E-state index in [2.05, 4.69) is 5.32 Å². The Labute approximate surface area is 118 Å². The SMILES string of the molecule is CCCCC(NC(=O)OCc1ccccc1)C(=O)Cl. The van der Waals surface area contributed by atoms with Crippen LogP contribution in [-0.4, -0.2) is 17.4 Å². The number of benzene rings is 1. The van der Waals surface area contributed by atoms with E-state index in [4.69, 9.17) is 16.3 Å². The molecule has 1 rings (SSSR count). The molecule has 0 aromatic heterocycles. The van der Waals surface area contributed by atoms with Gasteiger partial charge in [0.1, 0.15) is 12.6 Å². The minimum absolute atomic E-state index is 0.170. The number of halogens is 1. The van der Waals surface area contributed by atoms with E-state index in [1.165, 1.54) is 0 Å². The highest BCUT2D eigenvalue weighted by Crippen LogP contribution is 2.05. The van der Waals surface area contributed by atoms with Gasteiger partial charge in [-0.1, -0.05) is 50.1 Å². The van der Waals surface area contributed by atoms with Gasteiger partial charge in [0.25, 0.3) is 0 Å². The number of ether oxygens (including phenoxy) is 1. The Morgan fingerprint density at radius 3 is 2.58 bits per heavy atom. The summed E-state index contributed by atoms with van der Waals surface area (Å²) < 4.78 is 5.03. The minimum atomic E-state index is -0.676. The summed E-state index contributed by atoms with van der Waals surface area (Å²) in [5.74, 6) is 0. The van der Waals surface area contributed by atoms with Crippen LogP contribution in [-0.2, 0) is 16.1 Å². The molecule has 0 radical (unpaired) electrons. The third kappa shape index (κ3) is 6.25. The van der Waals surface area contributed by atoms with E-state index >= 15 is 0 Å². The Balaban J connectivity index is 2.38. The molecule has 0 aliphatic rings. The van der Waals surface area contributed by atoms with Gasteiger partial charge in [0.2, 0.25) is 5.24 Å². The topological polar surface area (TPSA) is 55.4 Å². The molecule has 0 aliphatic heterocycles. The molecular formula is C14H18ClNO3. The van der Waals surface area contributed by atoms with E-state index in [-0.39, 0.29) is 6.61 Å². The summed E-state index contributed by atoms with van der Waals surface area (Å²) in [5.41, 5.74) is 0.889. The highest BCUT2D eigenvalue weighted by Gasteiger charge is 2.18. The monoisotopic (exact) mass is 283 g/mol. The summed E-state index contributed by atoms with van der Waals surface area (Å²) in [6, 6.07) is 8.65. The summed E-state index contributed by atoms with van der Waals surface area (Å²) in [6.45, 7) is 2.17. The molecule has 1 N–H and O–H groups in total. The van der Waals surface area contributed by atoms with Crippen molar-refractivity contribution < 1.29 is 14.3 Å². The van der Waals surface area contributed by atoms with Gasteiger partial charge in [0.15, 0.2) is 0 Å². The second-order valence-electron chi connectivity index (χ2n) is 4.20. The van der Waals surface area contributed by atoms with E-state index < -0.39 is 17.4 Å². The predicted octanol–water partition coefficient (Wildman–Crippen LogP) is 3.24. The zero-order valence-corrected chi connectivity index (χ0v) is 11.7. The zero-order chi connectivity index (χ0) is 14.1. The minimum Gasteiger partial charge on any atom is -0.445 e. The second-order valence-corrected chi connectivity index (χ2v) is 4.58. The first-order chi connectivity index (χ1) is 9.13. The Kier molecular flexibility index (Phi) is 6.97. The van der Waals surface area contributed by atoms with Crippen molar-refractivity contribution in [2.75, 3.05) is 0 Å². The number of nitrogens with one attached hydrogen (secondary N) is 1. The quantitative estimate of drug-likeness (QED) is 0.782. The standard InChI is InChI=1S/C14H18ClNO3/c1-2-3-9-12(13(15)17)16-14(18)19-10-11-7-5-4-6-8-11/h4-8,12H,2-3,9-10H2,1H3,(H,16,18). The number of hydrogen-bond donors (Lipinski definition) is 1. The lowest BCUT2D eigenvalue weighted by Gasteiger charge is -2.14. The molecule has 0 saturated carbocycles. The third-order valence-corrected chi connectivity index (χ3v) is 2.89. The lowest BCUT2D eigenvalue weighted by molar-refractivity contribution is -0.113. The predicted molar refractivity (Wildman–Crippen MR) is 73.9 cm³/mol. The molecule has 1 unspecified atom stereocenters. The molecule has 19 heavy (non-hydrogen) atoms. The van der Waals surface area contributed by atoms with Gasteiger partial charge in [-0.05, 0) is 23.6 Å². The van der Waals surface area contributed by atoms with E-state index in [0.717, 1.165) is 18.4 Å². The molecule has 1 atom stereocenters. The van der Waals surface area contributed by atoms with Crippen molar-refractivity contribution in [3.05, 3.63) is 35.9 Å². The highest BCUT2D eigenvalue weighted by atomic mass is 35.5. The zero-order valence-electron chi connectivity index (χ0n) is 10.9. The van der Waals surface area contributed by atoms with Gasteiger partial charge in [-0.2, -0.15) is 0 Å². The van der Waals surface area contributed by atoms with Gasteiger partial charge < -0.3 is 10.1 Å². The number of hydrogen-bond acceptors (Lipinski definition) is 3. The Hall–Kier alpha value is -1.55. The fourth-order valence-corrected chi connectivity index (χ4v) is 1.72. The average Bonchev–Trinajstić information content (AvgIpc) is 2.42. The van der Waals surface area contributed by atoms with Gasteiger partial charge in [-0.3, -0.25) is 4.79 Å². The number of amides is 1. The van der Waals surface area contributed by atoms with Crippen molar-refractivity contribution in [1.29, 1.82) is 0 Å². The van der Waals surface area contributed by atoms with Gasteiger partial charge in [-0.15, -0.1) is 0 Å². The van der Waals surface area contributed by atoms with Crippen LogP contribution in [0.1, 0.15) is 31.7 Å². The average molecular weight is 284 g/mol. The molecule has 0 spiro atoms. The lowest BCUT2D eigenvalue weighted by Crippen LogP contribution is -2.39. The molecule has 104 valence electrons. The van der Waals surface area contributed by atoms with Crippen LogP contribution in [0, 0.1) is 0 Å². The normalized spacial score (nSPS) is 11.7. The first-order valence-electron chi connectivity index (χ1n) is 6.30. The lowest BCUT2D eigenvalue weighted by atomic mass is 10.1. The summed E-state index contributed by atoms with van der Waals surface area (Å²) in [4.78, 5) is 22.7. The Morgan fingerprint density at radius 2 is 2.00 bits per heavy atom. The Morgan fingerprint density at radius 1 is 1.32 bits per heavy atom. The van der Waals surface area contributed by atoms with E-state index in [9.17, 15) is 9.59 Å². The summed E-state index contributed by atoms with van der Waals surface area (Å²) in [6.07, 6.45) is 1.65. The molecule has 0 fully saturated rings. The molecule has 1 aromatic rings. The van der Waals surface area contributed by atoms with E-state index in [1.807, 2.05) is 37.3 Å².